The van der Waals surface area contributed by atoms with Crippen molar-refractivity contribution in [1.82, 2.24) is 0 Å². The summed E-state index contributed by atoms with van der Waals surface area (Å²) in [7, 11) is -1.96. The first-order valence-electron chi connectivity index (χ1n) is 8.97. The molecule has 0 radical (unpaired) electrons. The molecule has 0 fully saturated rings. The zero-order chi connectivity index (χ0) is 20.3. The number of nitrogens with two attached hydrogens (primary N) is 1. The van der Waals surface area contributed by atoms with Gasteiger partial charge in [0.25, 0.3) is 0 Å². The van der Waals surface area contributed by atoms with Crippen molar-refractivity contribution in [2.75, 3.05) is 25.4 Å². The van der Waals surface area contributed by atoms with Gasteiger partial charge in [0.05, 0.1) is 25.0 Å². The molecule has 8 heteroatoms. The van der Waals surface area contributed by atoms with E-state index in [1.165, 1.54) is 12.1 Å². The number of benzene rings is 2. The highest BCUT2D eigenvalue weighted by atomic mass is 32.2. The van der Waals surface area contributed by atoms with Crippen LogP contribution in [-0.4, -0.2) is 33.9 Å². The van der Waals surface area contributed by atoms with Gasteiger partial charge in [-0.15, -0.1) is 0 Å². The molecule has 0 aromatic heterocycles. The Morgan fingerprint density at radius 2 is 2.00 bits per heavy atom. The summed E-state index contributed by atoms with van der Waals surface area (Å²) < 4.78 is 40.2. The number of ketones is 1. The minimum Gasteiger partial charge on any atom is -0.495 e. The van der Waals surface area contributed by atoms with Crippen molar-refractivity contribution >= 4 is 21.3 Å². The summed E-state index contributed by atoms with van der Waals surface area (Å²) in [5, 5.41) is 0. The van der Waals surface area contributed by atoms with Crippen molar-refractivity contribution in [2.24, 2.45) is 0 Å². The molecule has 0 unspecified atom stereocenters. The SMILES string of the molecule is CCCOc1cc2c(cc1C(=O)CCc1ccc(OC)c(N)c1)OCS2(=O)=O. The number of methoxy groups -OCH3 is 1. The normalized spacial score (nSPS) is 14.2. The Morgan fingerprint density at radius 1 is 1.21 bits per heavy atom. The molecule has 2 N–H and O–H groups in total. The average molecular weight is 405 g/mol. The average Bonchev–Trinajstić information content (AvgIpc) is 2.98. The lowest BCUT2D eigenvalue weighted by atomic mass is 10.0. The fraction of sp³-hybridized carbons (Fsp3) is 0.350. The van der Waals surface area contributed by atoms with Gasteiger partial charge in [-0.05, 0) is 36.6 Å². The van der Waals surface area contributed by atoms with E-state index in [-0.39, 0.29) is 28.6 Å². The fourth-order valence-electron chi connectivity index (χ4n) is 2.98. The Morgan fingerprint density at radius 3 is 2.68 bits per heavy atom. The van der Waals surface area contributed by atoms with Gasteiger partial charge in [0.1, 0.15) is 22.1 Å². The van der Waals surface area contributed by atoms with Crippen molar-refractivity contribution < 1.29 is 27.4 Å². The second-order valence-corrected chi connectivity index (χ2v) is 8.43. The summed E-state index contributed by atoms with van der Waals surface area (Å²) in [4.78, 5) is 12.9. The molecule has 1 heterocycles. The summed E-state index contributed by atoms with van der Waals surface area (Å²) in [5.74, 6) is 0.478. The van der Waals surface area contributed by atoms with Crippen molar-refractivity contribution in [1.29, 1.82) is 0 Å². The van der Waals surface area contributed by atoms with E-state index in [2.05, 4.69) is 0 Å². The van der Waals surface area contributed by atoms with Crippen molar-refractivity contribution in [3.05, 3.63) is 41.5 Å². The number of aryl methyl sites for hydroxylation is 1. The maximum absolute atomic E-state index is 12.8. The summed E-state index contributed by atoms with van der Waals surface area (Å²) in [6.45, 7) is 2.32. The highest BCUT2D eigenvalue weighted by Crippen LogP contribution is 2.38. The van der Waals surface area contributed by atoms with Crippen LogP contribution < -0.4 is 19.9 Å². The van der Waals surface area contributed by atoms with E-state index in [0.29, 0.717) is 30.0 Å². The van der Waals surface area contributed by atoms with Gasteiger partial charge in [-0.25, -0.2) is 8.42 Å². The molecule has 0 bridgehead atoms. The Hall–Kier alpha value is -2.74. The number of rotatable bonds is 8. The van der Waals surface area contributed by atoms with Crippen LogP contribution in [0.15, 0.2) is 35.2 Å². The second kappa shape index (κ2) is 8.10. The van der Waals surface area contributed by atoms with Gasteiger partial charge in [0.2, 0.25) is 9.84 Å². The first-order valence-corrected chi connectivity index (χ1v) is 10.6. The van der Waals surface area contributed by atoms with Crippen LogP contribution in [0.4, 0.5) is 5.69 Å². The Balaban J connectivity index is 1.83. The number of anilines is 1. The lowest BCUT2D eigenvalue weighted by Gasteiger charge is -2.12. The lowest BCUT2D eigenvalue weighted by Crippen LogP contribution is -2.07. The molecule has 0 saturated heterocycles. The summed E-state index contributed by atoms with van der Waals surface area (Å²) >= 11 is 0. The van der Waals surface area contributed by atoms with E-state index in [1.807, 2.05) is 13.0 Å². The third-order valence-electron chi connectivity index (χ3n) is 4.45. The first kappa shape index (κ1) is 20.0. The van der Waals surface area contributed by atoms with Crippen LogP contribution in [0.2, 0.25) is 0 Å². The number of carbonyl (C=O) groups is 1. The smallest absolute Gasteiger partial charge is 0.217 e. The van der Waals surface area contributed by atoms with Crippen molar-refractivity contribution in [2.45, 2.75) is 31.1 Å². The topological polar surface area (TPSA) is 105 Å². The van der Waals surface area contributed by atoms with E-state index in [0.717, 1.165) is 12.0 Å². The molecule has 2 aromatic rings. The predicted molar refractivity (Wildman–Crippen MR) is 105 cm³/mol. The van der Waals surface area contributed by atoms with Gasteiger partial charge in [0, 0.05) is 12.5 Å². The summed E-state index contributed by atoms with van der Waals surface area (Å²) in [6.07, 6.45) is 1.44. The van der Waals surface area contributed by atoms with Crippen molar-refractivity contribution in [3.63, 3.8) is 0 Å². The molecule has 0 saturated carbocycles. The lowest BCUT2D eigenvalue weighted by molar-refractivity contribution is 0.0978. The fourth-order valence-corrected chi connectivity index (χ4v) is 4.10. The maximum Gasteiger partial charge on any atom is 0.217 e. The van der Waals surface area contributed by atoms with E-state index in [4.69, 9.17) is 19.9 Å². The molecule has 150 valence electrons. The largest absolute Gasteiger partial charge is 0.495 e. The highest BCUT2D eigenvalue weighted by molar-refractivity contribution is 7.91. The summed E-state index contributed by atoms with van der Waals surface area (Å²) in [5.41, 5.74) is 7.65. The molecule has 0 amide bonds. The van der Waals surface area contributed by atoms with E-state index < -0.39 is 15.8 Å². The number of nitrogen functional groups attached to an aromatic ring is 1. The molecule has 28 heavy (non-hydrogen) atoms. The van der Waals surface area contributed by atoms with Crippen LogP contribution in [0.3, 0.4) is 0 Å². The molecule has 1 aliphatic rings. The van der Waals surface area contributed by atoms with Crippen LogP contribution in [0.5, 0.6) is 17.2 Å². The Labute approximate surface area is 164 Å². The van der Waals surface area contributed by atoms with Gasteiger partial charge >= 0.3 is 0 Å². The molecular weight excluding hydrogens is 382 g/mol. The predicted octanol–water partition coefficient (Wildman–Crippen LogP) is 3.01. The molecular formula is C20H23NO6S. The van der Waals surface area contributed by atoms with E-state index in [1.54, 1.807) is 19.2 Å². The monoisotopic (exact) mass is 405 g/mol. The Bertz CT molecular complexity index is 1000. The number of hydrogen-bond acceptors (Lipinski definition) is 7. The van der Waals surface area contributed by atoms with Crippen LogP contribution in [0.1, 0.15) is 35.7 Å². The number of fused-ring (bicyclic) bond motifs is 1. The van der Waals surface area contributed by atoms with Gasteiger partial charge in [-0.1, -0.05) is 13.0 Å². The van der Waals surface area contributed by atoms with Gasteiger partial charge in [-0.3, -0.25) is 4.79 Å². The van der Waals surface area contributed by atoms with Gasteiger partial charge in [-0.2, -0.15) is 0 Å². The number of carbonyl (C=O) groups excluding carboxylic acids is 1. The summed E-state index contributed by atoms with van der Waals surface area (Å²) in [6, 6.07) is 8.26. The maximum atomic E-state index is 12.8. The molecule has 0 aliphatic carbocycles. The zero-order valence-corrected chi connectivity index (χ0v) is 16.7. The highest BCUT2D eigenvalue weighted by Gasteiger charge is 2.31. The Kier molecular flexibility index (Phi) is 5.79. The minimum absolute atomic E-state index is 0.0677. The van der Waals surface area contributed by atoms with Crippen LogP contribution in [-0.2, 0) is 16.3 Å². The third kappa shape index (κ3) is 4.06. The minimum atomic E-state index is -3.50. The quantitative estimate of drug-likeness (QED) is 0.532. The molecule has 1 aliphatic heterocycles. The van der Waals surface area contributed by atoms with Crippen LogP contribution >= 0.6 is 0 Å². The molecule has 2 aromatic carbocycles. The van der Waals surface area contributed by atoms with E-state index >= 15 is 0 Å². The van der Waals surface area contributed by atoms with Gasteiger partial charge in [0.15, 0.2) is 11.7 Å². The first-order chi connectivity index (χ1) is 13.4. The van der Waals surface area contributed by atoms with Crippen molar-refractivity contribution in [3.8, 4) is 17.2 Å². The second-order valence-electron chi connectivity index (χ2n) is 6.52. The third-order valence-corrected chi connectivity index (χ3v) is 5.86. The van der Waals surface area contributed by atoms with Crippen LogP contribution in [0.25, 0.3) is 0 Å². The molecule has 0 atom stereocenters. The number of sulfone groups is 1. The number of Topliss-reactive ketones (excluding diaryl/α,β-unsaturated/α-hetero) is 1. The van der Waals surface area contributed by atoms with Crippen LogP contribution in [0, 0.1) is 0 Å². The molecule has 3 rings (SSSR count). The molecule has 7 nitrogen and oxygen atoms in total. The number of hydrogen-bond donors (Lipinski definition) is 1. The number of ether oxygens (including phenoxy) is 3. The van der Waals surface area contributed by atoms with E-state index in [9.17, 15) is 13.2 Å². The zero-order valence-electron chi connectivity index (χ0n) is 15.9. The standard InChI is InChI=1S/C20H23NO6S/c1-3-8-26-18-11-20-19(27-12-28(20,23)24)10-14(18)16(22)6-4-13-5-7-17(25-2)15(21)9-13/h5,7,9-11H,3-4,6,8,12,21H2,1-2H3. The van der Waals surface area contributed by atoms with Gasteiger partial charge < -0.3 is 19.9 Å². The molecule has 0 spiro atoms.